The average Bonchev–Trinajstić information content (AvgIpc) is 2.91. The zero-order valence-corrected chi connectivity index (χ0v) is 20.8. The lowest BCUT2D eigenvalue weighted by Gasteiger charge is -2.18. The second kappa shape index (κ2) is 10.3. The van der Waals surface area contributed by atoms with Crippen LogP contribution in [0.2, 0.25) is 0 Å². The van der Waals surface area contributed by atoms with Crippen molar-refractivity contribution in [1.82, 2.24) is 15.1 Å². The normalized spacial score (nSPS) is 11.4. The van der Waals surface area contributed by atoms with Crippen LogP contribution < -0.4 is 10.4 Å². The summed E-state index contributed by atoms with van der Waals surface area (Å²) in [5, 5.41) is 11.6. The van der Waals surface area contributed by atoms with Gasteiger partial charge in [-0.2, -0.15) is 0 Å². The van der Waals surface area contributed by atoms with E-state index in [0.717, 1.165) is 58.2 Å². The monoisotopic (exact) mass is 479 g/mol. The SMILES string of the molecule is CCN(CC)CCc1c(C)c2ccc(Oc3nnc(-c4ccccc4)c4ccccc34)cc2oc1=O. The van der Waals surface area contributed by atoms with Crippen molar-refractivity contribution in [2.24, 2.45) is 0 Å². The van der Waals surface area contributed by atoms with Crippen molar-refractivity contribution in [3.05, 3.63) is 94.3 Å². The highest BCUT2D eigenvalue weighted by atomic mass is 16.5. The van der Waals surface area contributed by atoms with Crippen molar-refractivity contribution in [2.45, 2.75) is 27.2 Å². The highest BCUT2D eigenvalue weighted by Crippen LogP contribution is 2.34. The minimum Gasteiger partial charge on any atom is -0.437 e. The predicted molar refractivity (Wildman–Crippen MR) is 144 cm³/mol. The van der Waals surface area contributed by atoms with Crippen LogP contribution in [0.25, 0.3) is 33.0 Å². The molecule has 6 heteroatoms. The maximum Gasteiger partial charge on any atom is 0.339 e. The zero-order chi connectivity index (χ0) is 25.1. The third kappa shape index (κ3) is 4.60. The predicted octanol–water partition coefficient (Wildman–Crippen LogP) is 6.39. The van der Waals surface area contributed by atoms with Crippen molar-refractivity contribution in [1.29, 1.82) is 0 Å². The van der Waals surface area contributed by atoms with Crippen LogP contribution in [0.5, 0.6) is 11.6 Å². The number of aromatic nitrogens is 2. The number of nitrogens with zero attached hydrogens (tertiary/aromatic N) is 3. The number of rotatable bonds is 8. The molecule has 0 aliphatic carbocycles. The first-order valence-electron chi connectivity index (χ1n) is 12.4. The molecule has 3 aromatic carbocycles. The second-order valence-electron chi connectivity index (χ2n) is 8.80. The Balaban J connectivity index is 1.48. The Kier molecular flexibility index (Phi) is 6.78. The van der Waals surface area contributed by atoms with E-state index in [1.165, 1.54) is 0 Å². The Morgan fingerprint density at radius 1 is 0.861 bits per heavy atom. The summed E-state index contributed by atoms with van der Waals surface area (Å²) in [4.78, 5) is 15.1. The van der Waals surface area contributed by atoms with Crippen molar-refractivity contribution >= 4 is 21.7 Å². The number of aryl methyl sites for hydroxylation is 1. The molecule has 36 heavy (non-hydrogen) atoms. The van der Waals surface area contributed by atoms with Gasteiger partial charge in [0.25, 0.3) is 0 Å². The fraction of sp³-hybridized carbons (Fsp3) is 0.233. The van der Waals surface area contributed by atoms with Gasteiger partial charge in [0.15, 0.2) is 0 Å². The fourth-order valence-electron chi connectivity index (χ4n) is 4.61. The average molecular weight is 480 g/mol. The van der Waals surface area contributed by atoms with Gasteiger partial charge in [-0.1, -0.05) is 62.4 Å². The van der Waals surface area contributed by atoms with Crippen molar-refractivity contribution < 1.29 is 9.15 Å². The lowest BCUT2D eigenvalue weighted by Crippen LogP contribution is -2.27. The van der Waals surface area contributed by atoms with Gasteiger partial charge >= 0.3 is 5.63 Å². The molecule has 5 aromatic rings. The first-order chi connectivity index (χ1) is 17.6. The molecule has 0 amide bonds. The standard InChI is InChI=1S/C30H29N3O3/c1-4-33(5-2)18-17-24-20(3)23-16-15-22(19-27(23)36-30(24)34)35-29-26-14-10-9-13-25(26)28(31-32-29)21-11-7-6-8-12-21/h6-16,19H,4-5,17-18H2,1-3H3. The fourth-order valence-corrected chi connectivity index (χ4v) is 4.61. The van der Waals surface area contributed by atoms with Crippen LogP contribution in [-0.4, -0.2) is 34.7 Å². The molecular weight excluding hydrogens is 450 g/mol. The summed E-state index contributed by atoms with van der Waals surface area (Å²) in [7, 11) is 0. The maximum atomic E-state index is 12.8. The molecule has 182 valence electrons. The first kappa shape index (κ1) is 23.7. The van der Waals surface area contributed by atoms with Crippen molar-refractivity contribution in [3.8, 4) is 22.9 Å². The van der Waals surface area contributed by atoms with E-state index in [0.29, 0.717) is 23.6 Å². The number of hydrogen-bond acceptors (Lipinski definition) is 6. The van der Waals surface area contributed by atoms with Crippen LogP contribution in [0.15, 0.2) is 82.0 Å². The molecule has 2 heterocycles. The smallest absolute Gasteiger partial charge is 0.339 e. The van der Waals surface area contributed by atoms with Gasteiger partial charge in [0, 0.05) is 39.9 Å². The molecule has 0 spiro atoms. The summed E-state index contributed by atoms with van der Waals surface area (Å²) in [6.45, 7) is 8.99. The Morgan fingerprint density at radius 2 is 1.58 bits per heavy atom. The van der Waals surface area contributed by atoms with Gasteiger partial charge in [-0.3, -0.25) is 0 Å². The minimum atomic E-state index is -0.290. The summed E-state index contributed by atoms with van der Waals surface area (Å²) in [5.41, 5.74) is 3.69. The molecule has 0 fully saturated rings. The molecule has 0 saturated carbocycles. The van der Waals surface area contributed by atoms with Gasteiger partial charge in [0.05, 0.1) is 0 Å². The zero-order valence-electron chi connectivity index (χ0n) is 20.8. The second-order valence-corrected chi connectivity index (χ2v) is 8.80. The molecule has 6 nitrogen and oxygen atoms in total. The molecule has 0 aliphatic heterocycles. The van der Waals surface area contributed by atoms with E-state index in [4.69, 9.17) is 9.15 Å². The number of likely N-dealkylation sites (N-methyl/N-ethyl adjacent to an activating group) is 1. The van der Waals surface area contributed by atoms with E-state index in [1.54, 1.807) is 6.07 Å². The molecule has 0 atom stereocenters. The molecular formula is C30H29N3O3. The van der Waals surface area contributed by atoms with Crippen molar-refractivity contribution in [2.75, 3.05) is 19.6 Å². The highest BCUT2D eigenvalue weighted by molar-refractivity contribution is 5.97. The van der Waals surface area contributed by atoms with Crippen LogP contribution in [0.4, 0.5) is 0 Å². The van der Waals surface area contributed by atoms with Crippen LogP contribution in [0.1, 0.15) is 25.0 Å². The summed E-state index contributed by atoms with van der Waals surface area (Å²) >= 11 is 0. The van der Waals surface area contributed by atoms with E-state index in [9.17, 15) is 4.79 Å². The van der Waals surface area contributed by atoms with E-state index < -0.39 is 0 Å². The van der Waals surface area contributed by atoms with E-state index in [-0.39, 0.29) is 5.63 Å². The quantitative estimate of drug-likeness (QED) is 0.240. The highest BCUT2D eigenvalue weighted by Gasteiger charge is 2.15. The molecule has 2 aromatic heterocycles. The lowest BCUT2D eigenvalue weighted by molar-refractivity contribution is 0.306. The van der Waals surface area contributed by atoms with Gasteiger partial charge < -0.3 is 14.1 Å². The number of hydrogen-bond donors (Lipinski definition) is 0. The largest absolute Gasteiger partial charge is 0.437 e. The Morgan fingerprint density at radius 3 is 2.33 bits per heavy atom. The van der Waals surface area contributed by atoms with Gasteiger partial charge in [0.2, 0.25) is 5.88 Å². The van der Waals surface area contributed by atoms with Gasteiger partial charge in [-0.25, -0.2) is 4.79 Å². The summed E-state index contributed by atoms with van der Waals surface area (Å²) < 4.78 is 11.9. The molecule has 0 N–H and O–H groups in total. The Labute approximate surface area is 210 Å². The molecule has 0 saturated heterocycles. The topological polar surface area (TPSA) is 68.5 Å². The van der Waals surface area contributed by atoms with Crippen LogP contribution in [0.3, 0.4) is 0 Å². The number of fused-ring (bicyclic) bond motifs is 2. The van der Waals surface area contributed by atoms with Gasteiger partial charge in [0.1, 0.15) is 17.0 Å². The molecule has 0 aliphatic rings. The third-order valence-electron chi connectivity index (χ3n) is 6.75. The molecule has 0 radical (unpaired) electrons. The number of ether oxygens (including phenoxy) is 1. The van der Waals surface area contributed by atoms with Gasteiger partial charge in [-0.05, 0) is 50.2 Å². The van der Waals surface area contributed by atoms with E-state index in [1.807, 2.05) is 73.7 Å². The Hall–Kier alpha value is -4.03. The molecule has 5 rings (SSSR count). The van der Waals surface area contributed by atoms with Crippen LogP contribution in [0, 0.1) is 6.92 Å². The molecule has 0 bridgehead atoms. The minimum absolute atomic E-state index is 0.290. The van der Waals surface area contributed by atoms with E-state index in [2.05, 4.69) is 28.9 Å². The third-order valence-corrected chi connectivity index (χ3v) is 6.75. The number of benzene rings is 3. The van der Waals surface area contributed by atoms with E-state index >= 15 is 0 Å². The lowest BCUT2D eigenvalue weighted by atomic mass is 10.0. The summed E-state index contributed by atoms with van der Waals surface area (Å²) in [6.07, 6.45) is 0.666. The van der Waals surface area contributed by atoms with Crippen LogP contribution >= 0.6 is 0 Å². The van der Waals surface area contributed by atoms with Crippen molar-refractivity contribution in [3.63, 3.8) is 0 Å². The Bertz CT molecular complexity index is 1570. The van der Waals surface area contributed by atoms with Crippen LogP contribution in [-0.2, 0) is 6.42 Å². The molecule has 0 unspecified atom stereocenters. The summed E-state index contributed by atoms with van der Waals surface area (Å²) in [6, 6.07) is 23.5. The first-order valence-corrected chi connectivity index (χ1v) is 12.4. The van der Waals surface area contributed by atoms with Gasteiger partial charge in [-0.15, -0.1) is 10.2 Å². The maximum absolute atomic E-state index is 12.8. The summed E-state index contributed by atoms with van der Waals surface area (Å²) in [5.74, 6) is 0.937.